The maximum Gasteiger partial charge on any atom is 0.188 e. The van der Waals surface area contributed by atoms with Crippen LogP contribution in [0, 0.1) is 12.7 Å². The predicted molar refractivity (Wildman–Crippen MR) is 104 cm³/mol. The Bertz CT molecular complexity index is 1070. The van der Waals surface area contributed by atoms with Crippen LogP contribution < -0.4 is 10.1 Å². The highest BCUT2D eigenvalue weighted by Gasteiger charge is 2.08. The Balaban J connectivity index is 1.67. The standard InChI is InChI=1S/C20H16FN3OS/c1-12-5-15(21)9-16(6-12)23-20-24-18-4-3-13(8-19(18)26-20)14-7-17(25-2)11-22-10-14/h3-11H,1-2H3,(H,23,24). The summed E-state index contributed by atoms with van der Waals surface area (Å²) in [4.78, 5) is 8.78. The summed E-state index contributed by atoms with van der Waals surface area (Å²) >= 11 is 1.53. The molecule has 2 heterocycles. The molecule has 130 valence electrons. The molecule has 0 aliphatic heterocycles. The summed E-state index contributed by atoms with van der Waals surface area (Å²) in [5, 5.41) is 3.92. The number of ether oxygens (including phenoxy) is 1. The lowest BCUT2D eigenvalue weighted by Gasteiger charge is -2.03. The van der Waals surface area contributed by atoms with Gasteiger partial charge in [-0.3, -0.25) is 4.98 Å². The first kappa shape index (κ1) is 16.5. The monoisotopic (exact) mass is 365 g/mol. The molecule has 1 N–H and O–H groups in total. The van der Waals surface area contributed by atoms with Crippen molar-refractivity contribution in [3.05, 3.63) is 66.2 Å². The molecular weight excluding hydrogens is 349 g/mol. The van der Waals surface area contributed by atoms with Gasteiger partial charge in [-0.25, -0.2) is 9.37 Å². The fraction of sp³-hybridized carbons (Fsp3) is 0.100. The summed E-state index contributed by atoms with van der Waals surface area (Å²) in [6, 6.07) is 12.9. The second kappa shape index (κ2) is 6.72. The lowest BCUT2D eigenvalue weighted by atomic mass is 10.1. The number of benzene rings is 2. The summed E-state index contributed by atoms with van der Waals surface area (Å²) in [6.45, 7) is 1.86. The first-order valence-corrected chi connectivity index (χ1v) is 8.86. The summed E-state index contributed by atoms with van der Waals surface area (Å²) in [5.74, 6) is 0.456. The quantitative estimate of drug-likeness (QED) is 0.514. The molecule has 4 rings (SSSR count). The van der Waals surface area contributed by atoms with Gasteiger partial charge in [-0.05, 0) is 54.4 Å². The van der Waals surface area contributed by atoms with Crippen molar-refractivity contribution in [2.45, 2.75) is 6.92 Å². The average molecular weight is 365 g/mol. The number of pyridine rings is 1. The highest BCUT2D eigenvalue weighted by Crippen LogP contribution is 2.32. The van der Waals surface area contributed by atoms with E-state index >= 15 is 0 Å². The number of hydrogen-bond donors (Lipinski definition) is 1. The summed E-state index contributed by atoms with van der Waals surface area (Å²) in [6.07, 6.45) is 3.48. The third-order valence-electron chi connectivity index (χ3n) is 3.96. The first-order chi connectivity index (χ1) is 12.6. The molecule has 0 amide bonds. The molecule has 2 aromatic heterocycles. The second-order valence-electron chi connectivity index (χ2n) is 5.96. The zero-order valence-electron chi connectivity index (χ0n) is 14.3. The molecule has 26 heavy (non-hydrogen) atoms. The van der Waals surface area contributed by atoms with Crippen LogP contribution >= 0.6 is 11.3 Å². The van der Waals surface area contributed by atoms with Gasteiger partial charge < -0.3 is 10.1 Å². The number of aromatic nitrogens is 2. The number of thiazole rings is 1. The predicted octanol–water partition coefficient (Wildman–Crippen LogP) is 5.56. The number of nitrogens with one attached hydrogen (secondary N) is 1. The van der Waals surface area contributed by atoms with Crippen molar-refractivity contribution in [2.24, 2.45) is 0 Å². The zero-order valence-corrected chi connectivity index (χ0v) is 15.1. The molecule has 0 bridgehead atoms. The van der Waals surface area contributed by atoms with Gasteiger partial charge in [-0.1, -0.05) is 17.4 Å². The molecule has 4 aromatic rings. The highest BCUT2D eigenvalue weighted by atomic mass is 32.1. The molecule has 0 unspecified atom stereocenters. The van der Waals surface area contributed by atoms with Crippen molar-refractivity contribution in [3.63, 3.8) is 0 Å². The van der Waals surface area contributed by atoms with E-state index in [1.165, 1.54) is 23.5 Å². The molecule has 0 fully saturated rings. The van der Waals surface area contributed by atoms with Crippen LogP contribution in [0.3, 0.4) is 0 Å². The molecule has 6 heteroatoms. The van der Waals surface area contributed by atoms with E-state index in [4.69, 9.17) is 4.74 Å². The largest absolute Gasteiger partial charge is 0.495 e. The Morgan fingerprint density at radius 1 is 1.04 bits per heavy atom. The number of nitrogens with zero attached hydrogens (tertiary/aromatic N) is 2. The number of aryl methyl sites for hydroxylation is 1. The summed E-state index contributed by atoms with van der Waals surface area (Å²) in [7, 11) is 1.62. The third kappa shape index (κ3) is 3.36. The van der Waals surface area contributed by atoms with Crippen LogP contribution in [0.2, 0.25) is 0 Å². The van der Waals surface area contributed by atoms with Gasteiger partial charge >= 0.3 is 0 Å². The molecule has 0 atom stereocenters. The fourth-order valence-electron chi connectivity index (χ4n) is 2.78. The molecular formula is C20H16FN3OS. The Morgan fingerprint density at radius 2 is 1.92 bits per heavy atom. The Morgan fingerprint density at radius 3 is 2.73 bits per heavy atom. The zero-order chi connectivity index (χ0) is 18.1. The maximum absolute atomic E-state index is 13.6. The maximum atomic E-state index is 13.6. The number of anilines is 2. The topological polar surface area (TPSA) is 47.0 Å². The molecule has 0 saturated heterocycles. The van der Waals surface area contributed by atoms with E-state index in [1.807, 2.05) is 31.2 Å². The van der Waals surface area contributed by atoms with Gasteiger partial charge in [0.05, 0.1) is 23.5 Å². The second-order valence-corrected chi connectivity index (χ2v) is 6.99. The number of methoxy groups -OCH3 is 1. The van der Waals surface area contributed by atoms with Gasteiger partial charge in [0, 0.05) is 17.4 Å². The van der Waals surface area contributed by atoms with Gasteiger partial charge in [-0.2, -0.15) is 0 Å². The Labute approximate surface area is 154 Å². The van der Waals surface area contributed by atoms with Crippen LogP contribution in [0.15, 0.2) is 54.9 Å². The lowest BCUT2D eigenvalue weighted by Crippen LogP contribution is -1.91. The van der Waals surface area contributed by atoms with Gasteiger partial charge in [0.2, 0.25) is 0 Å². The van der Waals surface area contributed by atoms with Crippen molar-refractivity contribution in [2.75, 3.05) is 12.4 Å². The van der Waals surface area contributed by atoms with E-state index in [0.717, 1.165) is 37.8 Å². The van der Waals surface area contributed by atoms with Gasteiger partial charge in [-0.15, -0.1) is 0 Å². The molecule has 0 radical (unpaired) electrons. The Kier molecular flexibility index (Phi) is 4.26. The van der Waals surface area contributed by atoms with Crippen molar-refractivity contribution < 1.29 is 9.13 Å². The van der Waals surface area contributed by atoms with E-state index in [1.54, 1.807) is 19.5 Å². The lowest BCUT2D eigenvalue weighted by molar-refractivity contribution is 0.413. The number of rotatable bonds is 4. The van der Waals surface area contributed by atoms with Crippen LogP contribution in [-0.2, 0) is 0 Å². The van der Waals surface area contributed by atoms with Crippen molar-refractivity contribution >= 4 is 32.4 Å². The van der Waals surface area contributed by atoms with Gasteiger partial charge in [0.25, 0.3) is 0 Å². The third-order valence-corrected chi connectivity index (χ3v) is 4.90. The normalized spacial score (nSPS) is 10.9. The summed E-state index contributed by atoms with van der Waals surface area (Å²) in [5.41, 5.74) is 4.47. The minimum atomic E-state index is -0.263. The van der Waals surface area contributed by atoms with Crippen LogP contribution in [0.4, 0.5) is 15.2 Å². The first-order valence-electron chi connectivity index (χ1n) is 8.05. The Hall–Kier alpha value is -2.99. The number of halogens is 1. The molecule has 0 aliphatic carbocycles. The van der Waals surface area contributed by atoms with E-state index in [-0.39, 0.29) is 5.82 Å². The fourth-order valence-corrected chi connectivity index (χ4v) is 3.70. The SMILES string of the molecule is COc1cncc(-c2ccc3nc(Nc4cc(C)cc(F)c4)sc3c2)c1. The van der Waals surface area contributed by atoms with Crippen molar-refractivity contribution in [1.29, 1.82) is 0 Å². The number of hydrogen-bond acceptors (Lipinski definition) is 5. The average Bonchev–Trinajstić information content (AvgIpc) is 3.02. The van der Waals surface area contributed by atoms with Crippen LogP contribution in [0.25, 0.3) is 21.3 Å². The molecule has 0 spiro atoms. The van der Waals surface area contributed by atoms with Crippen LogP contribution in [-0.4, -0.2) is 17.1 Å². The summed E-state index contributed by atoms with van der Waals surface area (Å²) < 4.78 is 19.8. The van der Waals surface area contributed by atoms with Crippen LogP contribution in [0.5, 0.6) is 5.75 Å². The van der Waals surface area contributed by atoms with Crippen LogP contribution in [0.1, 0.15) is 5.56 Å². The minimum Gasteiger partial charge on any atom is -0.495 e. The highest BCUT2D eigenvalue weighted by molar-refractivity contribution is 7.22. The molecule has 0 saturated carbocycles. The van der Waals surface area contributed by atoms with E-state index < -0.39 is 0 Å². The minimum absolute atomic E-state index is 0.263. The smallest absolute Gasteiger partial charge is 0.188 e. The molecule has 0 aliphatic rings. The molecule has 4 nitrogen and oxygen atoms in total. The molecule has 2 aromatic carbocycles. The van der Waals surface area contributed by atoms with E-state index in [2.05, 4.69) is 21.4 Å². The van der Waals surface area contributed by atoms with E-state index in [0.29, 0.717) is 5.69 Å². The van der Waals surface area contributed by atoms with Gasteiger partial charge in [0.15, 0.2) is 5.13 Å². The van der Waals surface area contributed by atoms with Crippen molar-refractivity contribution in [1.82, 2.24) is 9.97 Å². The van der Waals surface area contributed by atoms with E-state index in [9.17, 15) is 4.39 Å². The van der Waals surface area contributed by atoms with Gasteiger partial charge in [0.1, 0.15) is 11.6 Å². The number of fused-ring (bicyclic) bond motifs is 1. The van der Waals surface area contributed by atoms with Crippen molar-refractivity contribution in [3.8, 4) is 16.9 Å².